The summed E-state index contributed by atoms with van der Waals surface area (Å²) in [6, 6.07) is 11.4. The van der Waals surface area contributed by atoms with Gasteiger partial charge in [-0.2, -0.15) is 4.31 Å². The van der Waals surface area contributed by atoms with Gasteiger partial charge in [-0.1, -0.05) is 23.7 Å². The van der Waals surface area contributed by atoms with E-state index in [-0.39, 0.29) is 47.3 Å². The molecule has 1 saturated heterocycles. The van der Waals surface area contributed by atoms with Crippen molar-refractivity contribution in [2.75, 3.05) is 40.0 Å². The molecule has 1 fully saturated rings. The van der Waals surface area contributed by atoms with E-state index >= 15 is 0 Å². The molecular weight excluding hydrogens is 444 g/mol. The summed E-state index contributed by atoms with van der Waals surface area (Å²) in [6.07, 6.45) is 0. The zero-order chi connectivity index (χ0) is 22.4. The van der Waals surface area contributed by atoms with E-state index in [1.807, 2.05) is 31.2 Å². The number of halogens is 1. The number of amides is 1. The van der Waals surface area contributed by atoms with Crippen molar-refractivity contribution in [1.29, 1.82) is 0 Å². The molecule has 0 aliphatic carbocycles. The monoisotopic (exact) mass is 468 g/mol. The number of nitrogens with zero attached hydrogens (tertiary/aromatic N) is 1. The van der Waals surface area contributed by atoms with E-state index in [2.05, 4.69) is 5.32 Å². The zero-order valence-electron chi connectivity index (χ0n) is 17.3. The van der Waals surface area contributed by atoms with Crippen molar-refractivity contribution in [3.63, 3.8) is 0 Å². The van der Waals surface area contributed by atoms with Crippen LogP contribution in [0.15, 0.2) is 47.4 Å². The third-order valence-electron chi connectivity index (χ3n) is 4.85. The number of methoxy groups -OCH3 is 1. The number of morpholine rings is 1. The number of carbonyl (C=O) groups is 1. The lowest BCUT2D eigenvalue weighted by Crippen LogP contribution is -2.40. The van der Waals surface area contributed by atoms with Crippen molar-refractivity contribution in [3.05, 3.63) is 53.1 Å². The first-order valence-electron chi connectivity index (χ1n) is 9.75. The van der Waals surface area contributed by atoms with Gasteiger partial charge < -0.3 is 19.5 Å². The molecule has 8 nitrogen and oxygen atoms in total. The fourth-order valence-electron chi connectivity index (χ4n) is 3.13. The van der Waals surface area contributed by atoms with Gasteiger partial charge in [0.2, 0.25) is 10.0 Å². The number of nitrogens with one attached hydrogen (secondary N) is 1. The molecule has 2 aromatic rings. The quantitative estimate of drug-likeness (QED) is 0.640. The zero-order valence-corrected chi connectivity index (χ0v) is 18.9. The van der Waals surface area contributed by atoms with Gasteiger partial charge in [-0.3, -0.25) is 4.79 Å². The molecule has 0 spiro atoms. The van der Waals surface area contributed by atoms with Crippen LogP contribution in [0.3, 0.4) is 0 Å². The largest absolute Gasteiger partial charge is 0.497 e. The number of benzene rings is 2. The summed E-state index contributed by atoms with van der Waals surface area (Å²) in [5.74, 6) is 0.415. The summed E-state index contributed by atoms with van der Waals surface area (Å²) in [4.78, 5) is 12.3. The predicted molar refractivity (Wildman–Crippen MR) is 116 cm³/mol. The van der Waals surface area contributed by atoms with Crippen molar-refractivity contribution < 1.29 is 27.4 Å². The first kappa shape index (κ1) is 23.3. The average Bonchev–Trinajstić information content (AvgIpc) is 2.78. The minimum atomic E-state index is -3.84. The van der Waals surface area contributed by atoms with Crippen molar-refractivity contribution in [1.82, 2.24) is 9.62 Å². The van der Waals surface area contributed by atoms with Gasteiger partial charge in [0.05, 0.1) is 26.4 Å². The second kappa shape index (κ2) is 10.3. The molecule has 0 radical (unpaired) electrons. The Bertz CT molecular complexity index is 1010. The first-order chi connectivity index (χ1) is 14.8. The first-order valence-corrected chi connectivity index (χ1v) is 11.6. The second-order valence-corrected chi connectivity index (χ2v) is 9.30. The molecular formula is C21H25ClN2O6S. The Morgan fingerprint density at radius 2 is 1.87 bits per heavy atom. The standard InChI is InChI=1S/C21H25ClN2O6S/c1-15(16-3-6-18(28-2)7-4-16)23-21(25)14-30-19-8-5-17(22)13-20(19)31(26,27)24-9-11-29-12-10-24/h3-8,13,15H,9-12,14H2,1-2H3,(H,23,25)/t15-/m1/s1. The maximum Gasteiger partial charge on any atom is 0.258 e. The number of rotatable bonds is 8. The number of ether oxygens (including phenoxy) is 3. The SMILES string of the molecule is COc1ccc([C@@H](C)NC(=O)COc2ccc(Cl)cc2S(=O)(=O)N2CCOCC2)cc1. The molecule has 2 aromatic carbocycles. The van der Waals surface area contributed by atoms with Crippen molar-refractivity contribution in [2.24, 2.45) is 0 Å². The van der Waals surface area contributed by atoms with E-state index in [1.165, 1.54) is 22.5 Å². The van der Waals surface area contributed by atoms with Crippen molar-refractivity contribution in [2.45, 2.75) is 17.9 Å². The minimum Gasteiger partial charge on any atom is -0.497 e. The molecule has 0 bridgehead atoms. The van der Waals surface area contributed by atoms with Gasteiger partial charge in [0.15, 0.2) is 6.61 Å². The van der Waals surface area contributed by atoms with Gasteiger partial charge in [0, 0.05) is 18.1 Å². The lowest BCUT2D eigenvalue weighted by Gasteiger charge is -2.27. The van der Waals surface area contributed by atoms with E-state index in [9.17, 15) is 13.2 Å². The molecule has 0 saturated carbocycles. The number of hydrogen-bond donors (Lipinski definition) is 1. The van der Waals surface area contributed by atoms with E-state index < -0.39 is 10.0 Å². The highest BCUT2D eigenvalue weighted by Gasteiger charge is 2.30. The molecule has 168 valence electrons. The van der Waals surface area contributed by atoms with Crippen LogP contribution in [0, 0.1) is 0 Å². The van der Waals surface area contributed by atoms with Gasteiger partial charge in [0.25, 0.3) is 5.91 Å². The van der Waals surface area contributed by atoms with Crippen LogP contribution in [0.4, 0.5) is 0 Å². The van der Waals surface area contributed by atoms with E-state index in [0.717, 1.165) is 11.3 Å². The Hall–Kier alpha value is -2.33. The lowest BCUT2D eigenvalue weighted by molar-refractivity contribution is -0.123. The second-order valence-electron chi connectivity index (χ2n) is 6.96. The van der Waals surface area contributed by atoms with E-state index in [0.29, 0.717) is 13.2 Å². The van der Waals surface area contributed by atoms with Crippen molar-refractivity contribution >= 4 is 27.5 Å². The molecule has 0 unspecified atom stereocenters. The summed E-state index contributed by atoms with van der Waals surface area (Å²) in [5.41, 5.74) is 0.899. The van der Waals surface area contributed by atoms with Crippen LogP contribution in [0.5, 0.6) is 11.5 Å². The van der Waals surface area contributed by atoms with E-state index in [4.69, 9.17) is 25.8 Å². The highest BCUT2D eigenvalue weighted by molar-refractivity contribution is 7.89. The highest BCUT2D eigenvalue weighted by Crippen LogP contribution is 2.30. The third kappa shape index (κ3) is 5.88. The molecule has 1 N–H and O–H groups in total. The lowest BCUT2D eigenvalue weighted by atomic mass is 10.1. The molecule has 0 aromatic heterocycles. The molecule has 1 aliphatic heterocycles. The number of carbonyl (C=O) groups excluding carboxylic acids is 1. The van der Waals surface area contributed by atoms with Crippen LogP contribution in [0.25, 0.3) is 0 Å². The molecule has 1 aliphatic rings. The summed E-state index contributed by atoms with van der Waals surface area (Å²) in [5, 5.41) is 3.09. The average molecular weight is 469 g/mol. The number of hydrogen-bond acceptors (Lipinski definition) is 6. The van der Waals surface area contributed by atoms with Crippen LogP contribution in [0.1, 0.15) is 18.5 Å². The fourth-order valence-corrected chi connectivity index (χ4v) is 4.93. The summed E-state index contributed by atoms with van der Waals surface area (Å²) >= 11 is 6.03. The minimum absolute atomic E-state index is 0.0714. The van der Waals surface area contributed by atoms with Crippen molar-refractivity contribution in [3.8, 4) is 11.5 Å². The highest BCUT2D eigenvalue weighted by atomic mass is 35.5. The third-order valence-corrected chi connectivity index (χ3v) is 7.00. The summed E-state index contributed by atoms with van der Waals surface area (Å²) < 4.78 is 43.3. The maximum atomic E-state index is 13.0. The van der Waals surface area contributed by atoms with Gasteiger partial charge in [0.1, 0.15) is 16.4 Å². The summed E-state index contributed by atoms with van der Waals surface area (Å²) in [7, 11) is -2.25. The number of sulfonamides is 1. The topological polar surface area (TPSA) is 94.2 Å². The van der Waals surface area contributed by atoms with Crippen LogP contribution in [0.2, 0.25) is 5.02 Å². The van der Waals surface area contributed by atoms with Gasteiger partial charge in [-0.25, -0.2) is 8.42 Å². The molecule has 1 amide bonds. The van der Waals surface area contributed by atoms with Crippen LogP contribution < -0.4 is 14.8 Å². The van der Waals surface area contributed by atoms with Crippen LogP contribution in [-0.2, 0) is 19.6 Å². The van der Waals surface area contributed by atoms with Crippen LogP contribution >= 0.6 is 11.6 Å². The Morgan fingerprint density at radius 3 is 2.52 bits per heavy atom. The Balaban J connectivity index is 1.67. The normalized spacial score (nSPS) is 15.8. The molecule has 31 heavy (non-hydrogen) atoms. The van der Waals surface area contributed by atoms with Gasteiger partial charge in [-0.05, 0) is 42.8 Å². The van der Waals surface area contributed by atoms with Gasteiger partial charge >= 0.3 is 0 Å². The van der Waals surface area contributed by atoms with E-state index in [1.54, 1.807) is 7.11 Å². The Kier molecular flexibility index (Phi) is 7.77. The maximum absolute atomic E-state index is 13.0. The fraction of sp³-hybridized carbons (Fsp3) is 0.381. The predicted octanol–water partition coefficient (Wildman–Crippen LogP) is 2.63. The smallest absolute Gasteiger partial charge is 0.258 e. The molecule has 3 rings (SSSR count). The molecule has 1 atom stereocenters. The van der Waals surface area contributed by atoms with Crippen LogP contribution in [-0.4, -0.2) is 58.7 Å². The Labute approximate surface area is 187 Å². The Morgan fingerprint density at radius 1 is 1.19 bits per heavy atom. The molecule has 1 heterocycles. The molecule has 10 heteroatoms. The summed E-state index contributed by atoms with van der Waals surface area (Å²) in [6.45, 7) is 2.63. The van der Waals surface area contributed by atoms with Gasteiger partial charge in [-0.15, -0.1) is 0 Å².